The summed E-state index contributed by atoms with van der Waals surface area (Å²) >= 11 is 1.29. The minimum atomic E-state index is -0.162. The Bertz CT molecular complexity index is 450. The highest BCUT2D eigenvalue weighted by Gasteiger charge is 2.19. The Balaban J connectivity index is 1.71. The Morgan fingerprint density at radius 1 is 1.11 bits per heavy atom. The van der Waals surface area contributed by atoms with Crippen LogP contribution in [0, 0.1) is 5.92 Å². The highest BCUT2D eigenvalue weighted by atomic mass is 32.2. The first-order chi connectivity index (χ1) is 13.0. The van der Waals surface area contributed by atoms with Crippen LogP contribution in [-0.4, -0.2) is 77.2 Å². The van der Waals surface area contributed by atoms with Crippen molar-refractivity contribution in [1.29, 1.82) is 0 Å². The lowest BCUT2D eigenvalue weighted by Gasteiger charge is -2.30. The largest absolute Gasteiger partial charge is 0.393 e. The Labute approximate surface area is 168 Å². The van der Waals surface area contributed by atoms with Gasteiger partial charge in [0.05, 0.1) is 6.10 Å². The minimum Gasteiger partial charge on any atom is -0.393 e. The second kappa shape index (κ2) is 12.6. The number of aliphatic hydroxyl groups excluding tert-OH is 1. The summed E-state index contributed by atoms with van der Waals surface area (Å²) in [5, 5.41) is 12.7. The van der Waals surface area contributed by atoms with Crippen molar-refractivity contribution in [1.82, 2.24) is 15.1 Å². The van der Waals surface area contributed by atoms with Gasteiger partial charge in [0.25, 0.3) is 0 Å². The van der Waals surface area contributed by atoms with E-state index in [9.17, 15) is 14.7 Å². The first-order valence-corrected chi connectivity index (χ1v) is 11.6. The number of aliphatic hydroxyl groups is 1. The van der Waals surface area contributed by atoms with Crippen LogP contribution in [0.5, 0.6) is 0 Å². The van der Waals surface area contributed by atoms with Gasteiger partial charge in [0.15, 0.2) is 5.12 Å². The predicted molar refractivity (Wildman–Crippen MR) is 111 cm³/mol. The molecule has 0 bridgehead atoms. The third kappa shape index (κ3) is 9.30. The number of thioether (sulfide) groups is 1. The SMILES string of the molecule is CC(=O)SCCN(CCC1CCCCC1)C(=O)NCCN1CCC(O)CC1. The maximum Gasteiger partial charge on any atom is 0.317 e. The number of piperidine rings is 1. The lowest BCUT2D eigenvalue weighted by molar-refractivity contribution is -0.109. The molecule has 1 saturated carbocycles. The summed E-state index contributed by atoms with van der Waals surface area (Å²) in [7, 11) is 0. The van der Waals surface area contributed by atoms with Crippen molar-refractivity contribution in [3.63, 3.8) is 0 Å². The fourth-order valence-corrected chi connectivity index (χ4v) is 4.60. The Kier molecular flexibility index (Phi) is 10.5. The summed E-state index contributed by atoms with van der Waals surface area (Å²) in [4.78, 5) is 28.0. The van der Waals surface area contributed by atoms with E-state index in [1.54, 1.807) is 6.92 Å². The van der Waals surface area contributed by atoms with Gasteiger partial charge < -0.3 is 20.2 Å². The molecule has 0 unspecified atom stereocenters. The van der Waals surface area contributed by atoms with Crippen LogP contribution in [0.4, 0.5) is 4.79 Å². The second-order valence-electron chi connectivity index (χ2n) is 7.92. The zero-order valence-corrected chi connectivity index (χ0v) is 17.6. The number of urea groups is 1. The molecule has 0 aromatic carbocycles. The number of nitrogens with one attached hydrogen (secondary N) is 1. The molecular formula is C20H37N3O3S. The van der Waals surface area contributed by atoms with Crippen molar-refractivity contribution in [2.45, 2.75) is 64.4 Å². The Hall–Kier alpha value is -0.790. The summed E-state index contributed by atoms with van der Waals surface area (Å²) < 4.78 is 0. The van der Waals surface area contributed by atoms with Crippen LogP contribution in [0.15, 0.2) is 0 Å². The van der Waals surface area contributed by atoms with Crippen molar-refractivity contribution in [2.75, 3.05) is 45.0 Å². The average molecular weight is 400 g/mol. The highest BCUT2D eigenvalue weighted by Crippen LogP contribution is 2.26. The van der Waals surface area contributed by atoms with Crippen molar-refractivity contribution in [3.05, 3.63) is 0 Å². The van der Waals surface area contributed by atoms with Crippen molar-refractivity contribution < 1.29 is 14.7 Å². The molecule has 0 atom stereocenters. The fraction of sp³-hybridized carbons (Fsp3) is 0.900. The van der Waals surface area contributed by atoms with Crippen LogP contribution in [-0.2, 0) is 4.79 Å². The van der Waals surface area contributed by atoms with E-state index in [0.29, 0.717) is 18.8 Å². The number of amides is 2. The third-order valence-electron chi connectivity index (χ3n) is 5.75. The summed E-state index contributed by atoms with van der Waals surface area (Å²) in [5.74, 6) is 1.41. The van der Waals surface area contributed by atoms with E-state index in [2.05, 4.69) is 10.2 Å². The molecule has 2 fully saturated rings. The van der Waals surface area contributed by atoms with Crippen LogP contribution in [0.2, 0.25) is 0 Å². The molecule has 0 radical (unpaired) electrons. The zero-order chi connectivity index (χ0) is 19.5. The maximum atomic E-state index is 12.6. The quantitative estimate of drug-likeness (QED) is 0.624. The Morgan fingerprint density at radius 2 is 1.81 bits per heavy atom. The van der Waals surface area contributed by atoms with Gasteiger partial charge in [0.2, 0.25) is 0 Å². The van der Waals surface area contributed by atoms with Crippen LogP contribution < -0.4 is 5.32 Å². The molecule has 0 aromatic rings. The summed E-state index contributed by atoms with van der Waals surface area (Å²) in [6, 6.07) is -0.00740. The molecule has 2 N–H and O–H groups in total. The van der Waals surface area contributed by atoms with Gasteiger partial charge >= 0.3 is 6.03 Å². The van der Waals surface area contributed by atoms with Crippen molar-refractivity contribution in [2.24, 2.45) is 5.92 Å². The lowest BCUT2D eigenvalue weighted by atomic mass is 9.87. The summed E-state index contributed by atoms with van der Waals surface area (Å²) in [6.45, 7) is 6.25. The van der Waals surface area contributed by atoms with Gasteiger partial charge in [-0.2, -0.15) is 0 Å². The van der Waals surface area contributed by atoms with Crippen LogP contribution >= 0.6 is 11.8 Å². The Morgan fingerprint density at radius 3 is 2.48 bits per heavy atom. The van der Waals surface area contributed by atoms with E-state index < -0.39 is 0 Å². The topological polar surface area (TPSA) is 72.9 Å². The molecule has 2 aliphatic rings. The number of hydrogen-bond acceptors (Lipinski definition) is 5. The van der Waals surface area contributed by atoms with Crippen LogP contribution in [0.1, 0.15) is 58.3 Å². The third-order valence-corrected chi connectivity index (χ3v) is 6.54. The van der Waals surface area contributed by atoms with Gasteiger partial charge in [-0.1, -0.05) is 43.9 Å². The molecular weight excluding hydrogens is 362 g/mol. The number of nitrogens with zero attached hydrogens (tertiary/aromatic N) is 2. The number of likely N-dealkylation sites (tertiary alicyclic amines) is 1. The molecule has 0 aromatic heterocycles. The number of carbonyl (C=O) groups is 2. The van der Waals surface area contributed by atoms with Crippen LogP contribution in [0.25, 0.3) is 0 Å². The van der Waals surface area contributed by atoms with E-state index in [-0.39, 0.29) is 17.3 Å². The van der Waals surface area contributed by atoms with Gasteiger partial charge in [-0.15, -0.1) is 0 Å². The molecule has 2 amide bonds. The van der Waals surface area contributed by atoms with Crippen LogP contribution in [0.3, 0.4) is 0 Å². The first-order valence-electron chi connectivity index (χ1n) is 10.6. The van der Waals surface area contributed by atoms with E-state index in [1.165, 1.54) is 43.9 Å². The van der Waals surface area contributed by atoms with E-state index in [1.807, 2.05) is 4.90 Å². The molecule has 0 spiro atoms. The molecule has 6 nitrogen and oxygen atoms in total. The van der Waals surface area contributed by atoms with E-state index >= 15 is 0 Å². The lowest BCUT2D eigenvalue weighted by Crippen LogP contribution is -2.46. The molecule has 1 aliphatic carbocycles. The average Bonchev–Trinajstić information content (AvgIpc) is 2.66. The molecule has 156 valence electrons. The molecule has 1 heterocycles. The second-order valence-corrected chi connectivity index (χ2v) is 9.20. The maximum absolute atomic E-state index is 12.6. The number of hydrogen-bond donors (Lipinski definition) is 2. The van der Waals surface area contributed by atoms with Gasteiger partial charge in [-0.3, -0.25) is 4.79 Å². The molecule has 2 rings (SSSR count). The molecule has 27 heavy (non-hydrogen) atoms. The minimum absolute atomic E-state index is 0.00740. The predicted octanol–water partition coefficient (Wildman–Crippen LogP) is 2.70. The normalized spacial score (nSPS) is 19.8. The summed E-state index contributed by atoms with van der Waals surface area (Å²) in [6.07, 6.45) is 9.13. The molecule has 1 saturated heterocycles. The van der Waals surface area contributed by atoms with Gasteiger partial charge in [-0.05, 0) is 25.2 Å². The molecule has 7 heteroatoms. The number of rotatable bonds is 9. The van der Waals surface area contributed by atoms with Crippen molar-refractivity contribution >= 4 is 22.9 Å². The summed E-state index contributed by atoms with van der Waals surface area (Å²) in [5.41, 5.74) is 0. The standard InChI is InChI=1S/C20H37N3O3S/c1-17(24)27-16-15-23(13-7-18-5-3-2-4-6-18)20(26)21-10-14-22-11-8-19(25)9-12-22/h18-19,25H,2-16H2,1H3,(H,21,26). The number of carbonyl (C=O) groups excluding carboxylic acids is 2. The van der Waals surface area contributed by atoms with Gasteiger partial charge in [0, 0.05) is 51.9 Å². The first kappa shape index (κ1) is 22.5. The van der Waals surface area contributed by atoms with Crippen molar-refractivity contribution in [3.8, 4) is 0 Å². The van der Waals surface area contributed by atoms with Gasteiger partial charge in [0.1, 0.15) is 0 Å². The zero-order valence-electron chi connectivity index (χ0n) is 16.8. The van der Waals surface area contributed by atoms with E-state index in [4.69, 9.17) is 0 Å². The van der Waals surface area contributed by atoms with Gasteiger partial charge in [-0.25, -0.2) is 4.79 Å². The highest BCUT2D eigenvalue weighted by molar-refractivity contribution is 8.13. The van der Waals surface area contributed by atoms with E-state index in [0.717, 1.165) is 51.4 Å². The fourth-order valence-electron chi connectivity index (χ4n) is 4.00. The molecule has 1 aliphatic heterocycles. The smallest absolute Gasteiger partial charge is 0.317 e. The monoisotopic (exact) mass is 399 g/mol.